The molecule has 7 heteroatoms. The summed E-state index contributed by atoms with van der Waals surface area (Å²) in [5.74, 6) is 0.973. The van der Waals surface area contributed by atoms with Crippen molar-refractivity contribution in [2.75, 3.05) is 37.3 Å². The standard InChI is InChI=1S/C14H25N5O2/c1-5-8-15-13-7-6-12(19(20)21)14(17-13)16-9-10-18(4)11(2)3/h6-7,11H,5,8-10H2,1-4H3,(H2,15,16,17). The molecule has 0 unspecified atom stereocenters. The lowest BCUT2D eigenvalue weighted by atomic mass is 10.3. The number of pyridine rings is 1. The van der Waals surface area contributed by atoms with Crippen molar-refractivity contribution < 1.29 is 4.92 Å². The average molecular weight is 295 g/mol. The normalized spacial score (nSPS) is 11.0. The Kier molecular flexibility index (Phi) is 6.87. The third kappa shape index (κ3) is 5.55. The molecule has 0 amide bonds. The second kappa shape index (κ2) is 8.41. The Morgan fingerprint density at radius 2 is 2.05 bits per heavy atom. The largest absolute Gasteiger partial charge is 0.370 e. The van der Waals surface area contributed by atoms with Gasteiger partial charge in [-0.2, -0.15) is 0 Å². The molecule has 0 radical (unpaired) electrons. The summed E-state index contributed by atoms with van der Waals surface area (Å²) in [5, 5.41) is 17.2. The highest BCUT2D eigenvalue weighted by molar-refractivity contribution is 5.60. The highest BCUT2D eigenvalue weighted by atomic mass is 16.6. The van der Waals surface area contributed by atoms with Gasteiger partial charge in [-0.25, -0.2) is 4.98 Å². The van der Waals surface area contributed by atoms with Crippen molar-refractivity contribution in [2.45, 2.75) is 33.2 Å². The van der Waals surface area contributed by atoms with Gasteiger partial charge in [-0.15, -0.1) is 0 Å². The van der Waals surface area contributed by atoms with Crippen LogP contribution in [0.25, 0.3) is 0 Å². The number of hydrogen-bond acceptors (Lipinski definition) is 6. The summed E-state index contributed by atoms with van der Waals surface area (Å²) in [6, 6.07) is 3.56. The number of hydrogen-bond donors (Lipinski definition) is 2. The maximum atomic E-state index is 11.0. The van der Waals surface area contributed by atoms with Gasteiger partial charge >= 0.3 is 5.69 Å². The van der Waals surface area contributed by atoms with E-state index in [4.69, 9.17) is 0 Å². The predicted octanol–water partition coefficient (Wildman–Crippen LogP) is 2.56. The predicted molar refractivity (Wildman–Crippen MR) is 85.9 cm³/mol. The first-order valence-corrected chi connectivity index (χ1v) is 7.29. The number of rotatable bonds is 9. The molecule has 21 heavy (non-hydrogen) atoms. The zero-order chi connectivity index (χ0) is 15.8. The number of nitrogens with zero attached hydrogens (tertiary/aromatic N) is 3. The third-order valence-corrected chi connectivity index (χ3v) is 3.27. The second-order valence-electron chi connectivity index (χ2n) is 5.25. The van der Waals surface area contributed by atoms with E-state index in [1.807, 2.05) is 7.05 Å². The number of likely N-dealkylation sites (N-methyl/N-ethyl adjacent to an activating group) is 1. The van der Waals surface area contributed by atoms with Gasteiger partial charge in [-0.1, -0.05) is 6.92 Å². The van der Waals surface area contributed by atoms with Crippen LogP contribution >= 0.6 is 0 Å². The highest BCUT2D eigenvalue weighted by Gasteiger charge is 2.16. The minimum absolute atomic E-state index is 0.00393. The Morgan fingerprint density at radius 1 is 1.33 bits per heavy atom. The van der Waals surface area contributed by atoms with E-state index in [2.05, 4.69) is 41.3 Å². The molecule has 7 nitrogen and oxygen atoms in total. The van der Waals surface area contributed by atoms with E-state index in [0.29, 0.717) is 24.2 Å². The summed E-state index contributed by atoms with van der Waals surface area (Å²) in [4.78, 5) is 17.1. The van der Waals surface area contributed by atoms with Gasteiger partial charge in [0.2, 0.25) is 5.82 Å². The molecule has 0 saturated carbocycles. The second-order valence-corrected chi connectivity index (χ2v) is 5.25. The average Bonchev–Trinajstić information content (AvgIpc) is 2.44. The minimum atomic E-state index is -0.412. The van der Waals surface area contributed by atoms with E-state index in [1.54, 1.807) is 6.07 Å². The minimum Gasteiger partial charge on any atom is -0.370 e. The fourth-order valence-electron chi connectivity index (χ4n) is 1.69. The van der Waals surface area contributed by atoms with Gasteiger partial charge in [-0.3, -0.25) is 10.1 Å². The summed E-state index contributed by atoms with van der Waals surface area (Å²) < 4.78 is 0. The molecule has 0 aliphatic heterocycles. The Balaban J connectivity index is 2.74. The molecule has 0 bridgehead atoms. The highest BCUT2D eigenvalue weighted by Crippen LogP contribution is 2.23. The Bertz CT molecular complexity index is 465. The Morgan fingerprint density at radius 3 is 2.62 bits per heavy atom. The maximum absolute atomic E-state index is 11.0. The van der Waals surface area contributed by atoms with Crippen LogP contribution in [0.2, 0.25) is 0 Å². The fraction of sp³-hybridized carbons (Fsp3) is 0.643. The van der Waals surface area contributed by atoms with Gasteiger partial charge in [0.25, 0.3) is 0 Å². The molecule has 0 aromatic carbocycles. The van der Waals surface area contributed by atoms with Gasteiger partial charge in [0.05, 0.1) is 4.92 Å². The number of aromatic nitrogens is 1. The van der Waals surface area contributed by atoms with Crippen LogP contribution in [0.15, 0.2) is 12.1 Å². The smallest absolute Gasteiger partial charge is 0.311 e. The molecule has 1 heterocycles. The lowest BCUT2D eigenvalue weighted by molar-refractivity contribution is -0.384. The number of nitro groups is 1. The van der Waals surface area contributed by atoms with Crippen molar-refractivity contribution in [1.29, 1.82) is 0 Å². The summed E-state index contributed by atoms with van der Waals surface area (Å²) in [6.07, 6.45) is 0.973. The first kappa shape index (κ1) is 17.2. The topological polar surface area (TPSA) is 83.3 Å². The lowest BCUT2D eigenvalue weighted by Gasteiger charge is -2.21. The van der Waals surface area contributed by atoms with Crippen molar-refractivity contribution >= 4 is 17.3 Å². The van der Waals surface area contributed by atoms with E-state index in [0.717, 1.165) is 19.5 Å². The van der Waals surface area contributed by atoms with Crippen molar-refractivity contribution in [2.24, 2.45) is 0 Å². The van der Waals surface area contributed by atoms with Crippen molar-refractivity contribution in [3.63, 3.8) is 0 Å². The molecule has 1 rings (SSSR count). The molecular formula is C14H25N5O2. The maximum Gasteiger partial charge on any atom is 0.311 e. The molecule has 0 fully saturated rings. The van der Waals surface area contributed by atoms with E-state index < -0.39 is 4.92 Å². The summed E-state index contributed by atoms with van der Waals surface area (Å²) in [7, 11) is 2.02. The summed E-state index contributed by atoms with van der Waals surface area (Å²) in [6.45, 7) is 8.47. The van der Waals surface area contributed by atoms with Crippen LogP contribution in [0.3, 0.4) is 0 Å². The molecule has 0 atom stereocenters. The van der Waals surface area contributed by atoms with Crippen LogP contribution in [-0.2, 0) is 0 Å². The first-order chi connectivity index (χ1) is 9.95. The van der Waals surface area contributed by atoms with Gasteiger partial charge in [0, 0.05) is 31.7 Å². The molecule has 0 spiro atoms. The number of nitrogens with one attached hydrogen (secondary N) is 2. The molecule has 0 aliphatic rings. The lowest BCUT2D eigenvalue weighted by Crippen LogP contribution is -2.31. The van der Waals surface area contributed by atoms with Crippen LogP contribution in [0.5, 0.6) is 0 Å². The van der Waals surface area contributed by atoms with Gasteiger partial charge in [0.15, 0.2) is 0 Å². The molecule has 2 N–H and O–H groups in total. The number of anilines is 2. The van der Waals surface area contributed by atoms with Crippen LogP contribution < -0.4 is 10.6 Å². The third-order valence-electron chi connectivity index (χ3n) is 3.27. The summed E-state index contributed by atoms with van der Waals surface area (Å²) in [5.41, 5.74) is 0.00393. The van der Waals surface area contributed by atoms with Crippen molar-refractivity contribution in [3.05, 3.63) is 22.2 Å². The summed E-state index contributed by atoms with van der Waals surface area (Å²) >= 11 is 0. The molecule has 0 saturated heterocycles. The van der Waals surface area contributed by atoms with Gasteiger partial charge < -0.3 is 15.5 Å². The van der Waals surface area contributed by atoms with Crippen LogP contribution in [0.1, 0.15) is 27.2 Å². The Hall–Kier alpha value is -1.89. The van der Waals surface area contributed by atoms with Crippen molar-refractivity contribution in [1.82, 2.24) is 9.88 Å². The van der Waals surface area contributed by atoms with E-state index in [9.17, 15) is 10.1 Å². The fourth-order valence-corrected chi connectivity index (χ4v) is 1.69. The quantitative estimate of drug-likeness (QED) is 0.538. The van der Waals surface area contributed by atoms with Crippen molar-refractivity contribution in [3.8, 4) is 0 Å². The van der Waals surface area contributed by atoms with E-state index in [-0.39, 0.29) is 5.69 Å². The molecule has 0 aliphatic carbocycles. The zero-order valence-electron chi connectivity index (χ0n) is 13.2. The molecule has 118 valence electrons. The van der Waals surface area contributed by atoms with Gasteiger partial charge in [0.1, 0.15) is 5.82 Å². The zero-order valence-corrected chi connectivity index (χ0v) is 13.2. The molecule has 1 aromatic heterocycles. The Labute approximate surface area is 125 Å². The van der Waals surface area contributed by atoms with Gasteiger partial charge in [-0.05, 0) is 33.4 Å². The van der Waals surface area contributed by atoms with E-state index >= 15 is 0 Å². The van der Waals surface area contributed by atoms with E-state index in [1.165, 1.54) is 6.07 Å². The van der Waals surface area contributed by atoms with Crippen LogP contribution in [0, 0.1) is 10.1 Å². The van der Waals surface area contributed by atoms with Crippen LogP contribution in [-0.4, -0.2) is 47.5 Å². The SMILES string of the molecule is CCCNc1ccc([N+](=O)[O-])c(NCCN(C)C(C)C)n1. The first-order valence-electron chi connectivity index (χ1n) is 7.29. The monoisotopic (exact) mass is 295 g/mol. The molecular weight excluding hydrogens is 270 g/mol. The molecule has 1 aromatic rings. The van der Waals surface area contributed by atoms with Crippen LogP contribution in [0.4, 0.5) is 17.3 Å².